The van der Waals surface area contributed by atoms with Crippen molar-refractivity contribution < 1.29 is 28.5 Å². The minimum Gasteiger partial charge on any atom is -0.490 e. The largest absolute Gasteiger partial charge is 0.490 e. The predicted molar refractivity (Wildman–Crippen MR) is 167 cm³/mol. The predicted octanol–water partition coefficient (Wildman–Crippen LogP) is 6.06. The van der Waals surface area contributed by atoms with Gasteiger partial charge < -0.3 is 29.2 Å². The maximum atomic E-state index is 14.0. The molecule has 3 aromatic rings. The smallest absolute Gasteiger partial charge is 0.254 e. The number of nitrogens with one attached hydrogen (secondary N) is 1. The van der Waals surface area contributed by atoms with Crippen LogP contribution in [0.3, 0.4) is 0 Å². The maximum Gasteiger partial charge on any atom is 0.254 e. The van der Waals surface area contributed by atoms with E-state index in [0.717, 1.165) is 38.5 Å². The normalized spacial score (nSPS) is 19.4. The van der Waals surface area contributed by atoms with Crippen LogP contribution in [0.2, 0.25) is 0 Å². The first-order valence-corrected chi connectivity index (χ1v) is 15.3. The van der Waals surface area contributed by atoms with Crippen LogP contribution < -0.4 is 20.3 Å². The highest BCUT2D eigenvalue weighted by atomic mass is 19.1. The van der Waals surface area contributed by atoms with Crippen molar-refractivity contribution in [3.05, 3.63) is 75.5 Å². The first-order chi connectivity index (χ1) is 20.8. The molecule has 9 heteroatoms. The molecule has 0 aliphatic heterocycles. The third kappa shape index (κ3) is 6.84. The second kappa shape index (κ2) is 12.4. The first kappa shape index (κ1) is 31.7. The van der Waals surface area contributed by atoms with Gasteiger partial charge in [0.2, 0.25) is 5.91 Å². The number of amides is 1. The van der Waals surface area contributed by atoms with Crippen molar-refractivity contribution in [2.75, 3.05) is 13.7 Å². The van der Waals surface area contributed by atoms with Gasteiger partial charge in [-0.2, -0.15) is 0 Å². The van der Waals surface area contributed by atoms with Crippen molar-refractivity contribution in [2.45, 2.75) is 84.0 Å². The highest BCUT2D eigenvalue weighted by Crippen LogP contribution is 2.46. The van der Waals surface area contributed by atoms with Gasteiger partial charge in [-0.15, -0.1) is 0 Å². The van der Waals surface area contributed by atoms with E-state index in [4.69, 9.17) is 14.2 Å². The molecular weight excluding hydrogens is 563 g/mol. The summed E-state index contributed by atoms with van der Waals surface area (Å²) >= 11 is 0. The van der Waals surface area contributed by atoms with Gasteiger partial charge in [0.15, 0.2) is 0 Å². The number of pyridine rings is 1. The minimum absolute atomic E-state index is 0.0726. The molecule has 2 aliphatic carbocycles. The van der Waals surface area contributed by atoms with E-state index in [1.54, 1.807) is 60.2 Å². The molecule has 0 bridgehead atoms. The summed E-state index contributed by atoms with van der Waals surface area (Å²) in [5.41, 5.74) is 1.50. The molecule has 1 aromatic heterocycles. The Morgan fingerprint density at radius 1 is 1.05 bits per heavy atom. The molecular formula is C35H43FN2O6. The number of rotatable bonds is 10. The lowest BCUT2D eigenvalue weighted by Crippen LogP contribution is -2.44. The van der Waals surface area contributed by atoms with E-state index in [0.29, 0.717) is 51.7 Å². The van der Waals surface area contributed by atoms with Gasteiger partial charge in [0.05, 0.1) is 23.7 Å². The van der Waals surface area contributed by atoms with Gasteiger partial charge in [-0.25, -0.2) is 4.39 Å². The number of nitrogens with zero attached hydrogens (tertiary/aromatic N) is 1. The molecule has 0 saturated heterocycles. The van der Waals surface area contributed by atoms with Crippen LogP contribution in [-0.2, 0) is 22.2 Å². The molecule has 2 saturated carbocycles. The van der Waals surface area contributed by atoms with Crippen molar-refractivity contribution in [3.8, 4) is 28.4 Å². The van der Waals surface area contributed by atoms with Crippen LogP contribution in [0.5, 0.6) is 17.2 Å². The quantitative estimate of drug-likeness (QED) is 0.291. The Kier molecular flexibility index (Phi) is 8.92. The van der Waals surface area contributed by atoms with E-state index in [2.05, 4.69) is 5.32 Å². The summed E-state index contributed by atoms with van der Waals surface area (Å²) in [4.78, 5) is 25.7. The van der Waals surface area contributed by atoms with Crippen LogP contribution >= 0.6 is 0 Å². The van der Waals surface area contributed by atoms with Gasteiger partial charge in [0, 0.05) is 43.6 Å². The lowest BCUT2D eigenvalue weighted by atomic mass is 9.91. The number of methoxy groups -OCH3 is 1. The van der Waals surface area contributed by atoms with Gasteiger partial charge in [0.25, 0.3) is 5.56 Å². The Labute approximate surface area is 258 Å². The number of aryl methyl sites for hydroxylation is 3. The Morgan fingerprint density at radius 2 is 1.70 bits per heavy atom. The fourth-order valence-corrected chi connectivity index (χ4v) is 6.00. The minimum atomic E-state index is -1.14. The van der Waals surface area contributed by atoms with Crippen LogP contribution in [0.25, 0.3) is 11.1 Å². The second-order valence-corrected chi connectivity index (χ2v) is 13.0. The number of benzene rings is 2. The summed E-state index contributed by atoms with van der Waals surface area (Å²) in [6.07, 6.45) is 6.27. The Morgan fingerprint density at radius 3 is 2.30 bits per heavy atom. The fourth-order valence-electron chi connectivity index (χ4n) is 6.00. The summed E-state index contributed by atoms with van der Waals surface area (Å²) in [6.45, 7) is 7.44. The molecule has 44 heavy (non-hydrogen) atoms. The summed E-state index contributed by atoms with van der Waals surface area (Å²) < 4.78 is 33.7. The van der Waals surface area contributed by atoms with Crippen molar-refractivity contribution in [1.29, 1.82) is 0 Å². The highest BCUT2D eigenvalue weighted by Gasteiger charge is 2.50. The molecule has 2 aromatic carbocycles. The molecule has 0 atom stereocenters. The number of carbonyl (C=O) groups excluding carboxylic acids is 1. The number of aromatic nitrogens is 1. The van der Waals surface area contributed by atoms with E-state index in [-0.39, 0.29) is 34.8 Å². The molecule has 5 rings (SSSR count). The standard InChI is InChI=1S/C35H43FN2O6/c1-21-15-24(36)16-22(2)32(21)44-29-12-7-23(34(3,4)41)17-27(29)28-19-38(5)31(39)18-30(28)43-26-10-8-25(9-11-26)37-33(40)35(13-14-35)20-42-6/h7,12,15-19,25-26,41H,8-11,13-14,20H2,1-6H3,(H,37,40)/t25-,26-. The lowest BCUT2D eigenvalue weighted by Gasteiger charge is -2.31. The van der Waals surface area contributed by atoms with Crippen LogP contribution in [0.1, 0.15) is 69.1 Å². The van der Waals surface area contributed by atoms with Crippen molar-refractivity contribution in [2.24, 2.45) is 12.5 Å². The van der Waals surface area contributed by atoms with Gasteiger partial charge in [-0.05, 0) is 107 Å². The number of hydrogen-bond acceptors (Lipinski definition) is 6. The Bertz CT molecular complexity index is 1570. The van der Waals surface area contributed by atoms with Gasteiger partial charge in [0.1, 0.15) is 23.1 Å². The zero-order chi connectivity index (χ0) is 31.8. The Hall–Kier alpha value is -3.69. The van der Waals surface area contributed by atoms with E-state index < -0.39 is 5.60 Å². The van der Waals surface area contributed by atoms with Crippen molar-refractivity contribution in [1.82, 2.24) is 9.88 Å². The molecule has 0 radical (unpaired) electrons. The fraction of sp³-hybridized carbons (Fsp3) is 0.486. The van der Waals surface area contributed by atoms with E-state index in [1.165, 1.54) is 22.8 Å². The molecule has 8 nitrogen and oxygen atoms in total. The van der Waals surface area contributed by atoms with Crippen LogP contribution in [0, 0.1) is 25.1 Å². The molecule has 0 unspecified atom stereocenters. The summed E-state index contributed by atoms with van der Waals surface area (Å²) in [5.74, 6) is 1.17. The molecule has 2 fully saturated rings. The number of hydrogen-bond donors (Lipinski definition) is 2. The van der Waals surface area contributed by atoms with Gasteiger partial charge >= 0.3 is 0 Å². The highest BCUT2D eigenvalue weighted by molar-refractivity contribution is 5.85. The maximum absolute atomic E-state index is 14.0. The van der Waals surface area contributed by atoms with Crippen LogP contribution in [0.4, 0.5) is 4.39 Å². The summed E-state index contributed by atoms with van der Waals surface area (Å²) in [6, 6.07) is 9.83. The average Bonchev–Trinajstić information content (AvgIpc) is 3.74. The number of halogens is 1. The average molecular weight is 607 g/mol. The topological polar surface area (TPSA) is 99.0 Å². The molecule has 2 aliphatic rings. The number of ether oxygens (including phenoxy) is 3. The third-order valence-corrected chi connectivity index (χ3v) is 8.86. The van der Waals surface area contributed by atoms with E-state index in [9.17, 15) is 19.1 Å². The molecule has 1 amide bonds. The molecule has 236 valence electrons. The van der Waals surface area contributed by atoms with Crippen LogP contribution in [0.15, 0.2) is 47.4 Å². The van der Waals surface area contributed by atoms with E-state index in [1.807, 2.05) is 6.07 Å². The SMILES string of the molecule is COCC1(C(=O)N[C@H]2CC[C@H](Oc3cc(=O)n(C)cc3-c3cc(C(C)(C)O)ccc3Oc3c(C)cc(F)cc3C)CC2)CC1. The molecule has 0 spiro atoms. The number of carbonyl (C=O) groups is 1. The monoisotopic (exact) mass is 606 g/mol. The number of aliphatic hydroxyl groups is 1. The molecule has 2 N–H and O–H groups in total. The Balaban J connectivity index is 1.43. The van der Waals surface area contributed by atoms with Crippen LogP contribution in [-0.4, -0.2) is 41.4 Å². The van der Waals surface area contributed by atoms with Crippen molar-refractivity contribution >= 4 is 5.91 Å². The zero-order valence-corrected chi connectivity index (χ0v) is 26.5. The summed E-state index contributed by atoms with van der Waals surface area (Å²) in [5, 5.41) is 14.1. The third-order valence-electron chi connectivity index (χ3n) is 8.86. The zero-order valence-electron chi connectivity index (χ0n) is 26.5. The van der Waals surface area contributed by atoms with Gasteiger partial charge in [-0.3, -0.25) is 9.59 Å². The second-order valence-electron chi connectivity index (χ2n) is 13.0. The summed E-state index contributed by atoms with van der Waals surface area (Å²) in [7, 11) is 3.30. The lowest BCUT2D eigenvalue weighted by molar-refractivity contribution is -0.129. The van der Waals surface area contributed by atoms with E-state index >= 15 is 0 Å². The first-order valence-electron chi connectivity index (χ1n) is 15.3. The molecule has 1 heterocycles. The van der Waals surface area contributed by atoms with Crippen molar-refractivity contribution in [3.63, 3.8) is 0 Å². The van der Waals surface area contributed by atoms with Gasteiger partial charge in [-0.1, -0.05) is 6.07 Å².